The van der Waals surface area contributed by atoms with Crippen molar-refractivity contribution < 1.29 is 0 Å². The van der Waals surface area contributed by atoms with Crippen LogP contribution in [-0.4, -0.2) is 35.5 Å². The molecular formula is C14H18N4. The maximum atomic E-state index is 4.13. The van der Waals surface area contributed by atoms with Crippen LogP contribution in [0.25, 0.3) is 0 Å². The molecule has 4 nitrogen and oxygen atoms in total. The minimum absolute atomic E-state index is 0.624. The third-order valence-electron chi connectivity index (χ3n) is 2.62. The molecule has 1 N–H and O–H groups in total. The largest absolute Gasteiger partial charge is 0.324 e. The Morgan fingerprint density at radius 1 is 1.06 bits per heavy atom. The van der Waals surface area contributed by atoms with E-state index in [0.29, 0.717) is 5.95 Å². The van der Waals surface area contributed by atoms with Gasteiger partial charge in [-0.3, -0.25) is 0 Å². The van der Waals surface area contributed by atoms with E-state index >= 15 is 0 Å². The number of nitrogens with one attached hydrogen (secondary N) is 1. The van der Waals surface area contributed by atoms with Crippen LogP contribution in [0.15, 0.2) is 42.7 Å². The van der Waals surface area contributed by atoms with Gasteiger partial charge < -0.3 is 10.2 Å². The number of benzene rings is 1. The second kappa shape index (κ2) is 6.12. The number of nitrogens with zero attached hydrogens (tertiary/aromatic N) is 3. The van der Waals surface area contributed by atoms with E-state index in [0.717, 1.165) is 18.7 Å². The molecule has 0 fully saturated rings. The third kappa shape index (κ3) is 3.82. The summed E-state index contributed by atoms with van der Waals surface area (Å²) >= 11 is 0. The summed E-state index contributed by atoms with van der Waals surface area (Å²) < 4.78 is 0. The van der Waals surface area contributed by atoms with Gasteiger partial charge in [0, 0.05) is 24.6 Å². The summed E-state index contributed by atoms with van der Waals surface area (Å²) in [7, 11) is 4.17. The van der Waals surface area contributed by atoms with E-state index in [1.54, 1.807) is 18.5 Å². The lowest BCUT2D eigenvalue weighted by molar-refractivity contribution is 0.413. The van der Waals surface area contributed by atoms with Crippen molar-refractivity contribution in [1.29, 1.82) is 0 Å². The fourth-order valence-corrected chi connectivity index (χ4v) is 1.60. The van der Waals surface area contributed by atoms with Gasteiger partial charge in [0.1, 0.15) is 0 Å². The zero-order valence-electron chi connectivity index (χ0n) is 10.8. The first kappa shape index (κ1) is 12.5. The molecule has 0 aliphatic rings. The number of likely N-dealkylation sites (N-methyl/N-ethyl adjacent to an activating group) is 1. The van der Waals surface area contributed by atoms with Gasteiger partial charge in [0.05, 0.1) is 0 Å². The van der Waals surface area contributed by atoms with E-state index in [4.69, 9.17) is 0 Å². The van der Waals surface area contributed by atoms with Crippen molar-refractivity contribution in [3.63, 3.8) is 0 Å². The highest BCUT2D eigenvalue weighted by Gasteiger charge is 1.98. The predicted molar refractivity (Wildman–Crippen MR) is 74.0 cm³/mol. The summed E-state index contributed by atoms with van der Waals surface area (Å²) in [6.07, 6.45) is 4.51. The van der Waals surface area contributed by atoms with E-state index < -0.39 is 0 Å². The summed E-state index contributed by atoms with van der Waals surface area (Å²) in [5.41, 5.74) is 2.35. The van der Waals surface area contributed by atoms with Crippen LogP contribution in [0.3, 0.4) is 0 Å². The van der Waals surface area contributed by atoms with E-state index in [9.17, 15) is 0 Å². The summed E-state index contributed by atoms with van der Waals surface area (Å²) in [6, 6.07) is 10.2. The Balaban J connectivity index is 1.95. The van der Waals surface area contributed by atoms with E-state index in [2.05, 4.69) is 58.5 Å². The smallest absolute Gasteiger partial charge is 0.227 e. The van der Waals surface area contributed by atoms with Crippen molar-refractivity contribution in [3.8, 4) is 0 Å². The van der Waals surface area contributed by atoms with Gasteiger partial charge in [-0.25, -0.2) is 9.97 Å². The molecular weight excluding hydrogens is 224 g/mol. The first-order valence-electron chi connectivity index (χ1n) is 6.02. The predicted octanol–water partition coefficient (Wildman–Crippen LogP) is 2.32. The summed E-state index contributed by atoms with van der Waals surface area (Å²) in [4.78, 5) is 10.4. The Morgan fingerprint density at radius 3 is 2.33 bits per heavy atom. The van der Waals surface area contributed by atoms with Crippen molar-refractivity contribution in [1.82, 2.24) is 14.9 Å². The number of rotatable bonds is 5. The maximum absolute atomic E-state index is 4.13. The van der Waals surface area contributed by atoms with E-state index in [-0.39, 0.29) is 0 Å². The molecule has 4 heteroatoms. The Hall–Kier alpha value is -1.94. The summed E-state index contributed by atoms with van der Waals surface area (Å²) in [6.45, 7) is 1.06. The van der Waals surface area contributed by atoms with Gasteiger partial charge in [0.25, 0.3) is 0 Å². The standard InChI is InChI=1S/C14H18N4/c1-18(2)11-8-12-4-6-13(7-5-12)17-14-15-9-3-10-16-14/h3-7,9-10H,8,11H2,1-2H3,(H,15,16,17). The molecule has 18 heavy (non-hydrogen) atoms. The quantitative estimate of drug-likeness (QED) is 0.873. The Bertz CT molecular complexity index is 465. The molecule has 0 spiro atoms. The highest BCUT2D eigenvalue weighted by molar-refractivity contribution is 5.53. The van der Waals surface area contributed by atoms with Crippen LogP contribution in [-0.2, 0) is 6.42 Å². The third-order valence-corrected chi connectivity index (χ3v) is 2.62. The van der Waals surface area contributed by atoms with Crippen LogP contribution in [0.4, 0.5) is 11.6 Å². The number of anilines is 2. The molecule has 0 atom stereocenters. The molecule has 1 aromatic heterocycles. The average molecular weight is 242 g/mol. The lowest BCUT2D eigenvalue weighted by Gasteiger charge is -2.10. The zero-order valence-corrected chi connectivity index (χ0v) is 10.8. The van der Waals surface area contributed by atoms with E-state index in [1.807, 2.05) is 0 Å². The topological polar surface area (TPSA) is 41.0 Å². The highest BCUT2D eigenvalue weighted by Crippen LogP contribution is 2.13. The minimum Gasteiger partial charge on any atom is -0.324 e. The SMILES string of the molecule is CN(C)CCc1ccc(Nc2ncccn2)cc1. The number of aromatic nitrogens is 2. The molecule has 0 radical (unpaired) electrons. The molecule has 0 aliphatic heterocycles. The average Bonchev–Trinajstić information content (AvgIpc) is 2.39. The van der Waals surface area contributed by atoms with Crippen LogP contribution >= 0.6 is 0 Å². The fraction of sp³-hybridized carbons (Fsp3) is 0.286. The molecule has 94 valence electrons. The van der Waals surface area contributed by atoms with Gasteiger partial charge in [-0.15, -0.1) is 0 Å². The second-order valence-corrected chi connectivity index (χ2v) is 4.45. The molecule has 2 aromatic rings. The van der Waals surface area contributed by atoms with Crippen molar-refractivity contribution >= 4 is 11.6 Å². The van der Waals surface area contributed by atoms with Crippen LogP contribution in [0, 0.1) is 0 Å². The molecule has 0 aliphatic carbocycles. The number of hydrogen-bond donors (Lipinski definition) is 1. The van der Waals surface area contributed by atoms with E-state index in [1.165, 1.54) is 5.56 Å². The van der Waals surface area contributed by atoms with Crippen molar-refractivity contribution in [3.05, 3.63) is 48.3 Å². The van der Waals surface area contributed by atoms with Crippen LogP contribution in [0.2, 0.25) is 0 Å². The molecule has 0 amide bonds. The van der Waals surface area contributed by atoms with Gasteiger partial charge in [-0.1, -0.05) is 12.1 Å². The van der Waals surface area contributed by atoms with Gasteiger partial charge in [-0.05, 0) is 44.3 Å². The Morgan fingerprint density at radius 2 is 1.72 bits per heavy atom. The lowest BCUT2D eigenvalue weighted by Crippen LogP contribution is -2.14. The zero-order chi connectivity index (χ0) is 12.8. The first-order chi connectivity index (χ1) is 8.74. The molecule has 0 saturated heterocycles. The fourth-order valence-electron chi connectivity index (χ4n) is 1.60. The normalized spacial score (nSPS) is 10.6. The Kier molecular flexibility index (Phi) is 4.25. The summed E-state index contributed by atoms with van der Waals surface area (Å²) in [5, 5.41) is 3.16. The highest BCUT2D eigenvalue weighted by atomic mass is 15.1. The first-order valence-corrected chi connectivity index (χ1v) is 6.02. The van der Waals surface area contributed by atoms with Gasteiger partial charge in [0.15, 0.2) is 0 Å². The second-order valence-electron chi connectivity index (χ2n) is 4.45. The molecule has 0 bridgehead atoms. The van der Waals surface area contributed by atoms with Gasteiger partial charge >= 0.3 is 0 Å². The van der Waals surface area contributed by atoms with Crippen LogP contribution in [0.5, 0.6) is 0 Å². The molecule has 0 unspecified atom stereocenters. The minimum atomic E-state index is 0.624. The monoisotopic (exact) mass is 242 g/mol. The maximum Gasteiger partial charge on any atom is 0.227 e. The molecule has 2 rings (SSSR count). The van der Waals surface area contributed by atoms with Gasteiger partial charge in [0.2, 0.25) is 5.95 Å². The summed E-state index contributed by atoms with van der Waals surface area (Å²) in [5.74, 6) is 0.624. The molecule has 1 aromatic carbocycles. The van der Waals surface area contributed by atoms with Crippen LogP contribution < -0.4 is 5.32 Å². The lowest BCUT2D eigenvalue weighted by atomic mass is 10.1. The van der Waals surface area contributed by atoms with Crippen LogP contribution in [0.1, 0.15) is 5.56 Å². The van der Waals surface area contributed by atoms with Crippen molar-refractivity contribution in [2.75, 3.05) is 26.0 Å². The van der Waals surface area contributed by atoms with Crippen molar-refractivity contribution in [2.45, 2.75) is 6.42 Å². The van der Waals surface area contributed by atoms with Crippen molar-refractivity contribution in [2.24, 2.45) is 0 Å². The molecule has 0 saturated carbocycles. The number of hydrogen-bond acceptors (Lipinski definition) is 4. The Labute approximate surface area is 108 Å². The van der Waals surface area contributed by atoms with Gasteiger partial charge in [-0.2, -0.15) is 0 Å². The molecule has 1 heterocycles.